The van der Waals surface area contributed by atoms with Crippen molar-refractivity contribution >= 4 is 31.6 Å². The molecule has 0 saturated carbocycles. The summed E-state index contributed by atoms with van der Waals surface area (Å²) in [4.78, 5) is 0. The lowest BCUT2D eigenvalue weighted by Gasteiger charge is -2.21. The Morgan fingerprint density at radius 1 is 1.47 bits per heavy atom. The first kappa shape index (κ1) is 10.9. The van der Waals surface area contributed by atoms with Gasteiger partial charge < -0.3 is 5.73 Å². The third-order valence-electron chi connectivity index (χ3n) is 2.61. The van der Waals surface area contributed by atoms with Gasteiger partial charge in [-0.15, -0.1) is 0 Å². The van der Waals surface area contributed by atoms with E-state index in [2.05, 4.69) is 21.0 Å². The molecule has 2 heterocycles. The molecular formula is C8H12BrN3O2S. The minimum atomic E-state index is -2.81. The van der Waals surface area contributed by atoms with Crippen LogP contribution in [-0.2, 0) is 9.84 Å². The molecule has 1 aliphatic rings. The van der Waals surface area contributed by atoms with E-state index in [-0.39, 0.29) is 17.5 Å². The number of nitrogens with two attached hydrogens (primary N) is 1. The van der Waals surface area contributed by atoms with Gasteiger partial charge in [0.15, 0.2) is 5.82 Å². The number of sulfone groups is 1. The van der Waals surface area contributed by atoms with E-state index in [9.17, 15) is 8.42 Å². The molecule has 5 nitrogen and oxygen atoms in total. The van der Waals surface area contributed by atoms with Gasteiger partial charge in [-0.3, -0.25) is 4.68 Å². The molecule has 0 unspecified atom stereocenters. The van der Waals surface area contributed by atoms with Crippen LogP contribution < -0.4 is 5.73 Å². The summed E-state index contributed by atoms with van der Waals surface area (Å²) in [6.45, 7) is 0. The molecule has 1 aromatic rings. The molecular weight excluding hydrogens is 282 g/mol. The summed E-state index contributed by atoms with van der Waals surface area (Å²) in [5.74, 6) is 0.938. The van der Waals surface area contributed by atoms with Gasteiger partial charge in [0.25, 0.3) is 0 Å². The van der Waals surface area contributed by atoms with Gasteiger partial charge in [-0.05, 0) is 28.8 Å². The number of hydrogen-bond acceptors (Lipinski definition) is 4. The molecule has 0 aliphatic carbocycles. The summed E-state index contributed by atoms with van der Waals surface area (Å²) >= 11 is 3.28. The van der Waals surface area contributed by atoms with Crippen molar-refractivity contribution in [1.82, 2.24) is 9.78 Å². The number of hydrogen-bond donors (Lipinski definition) is 1. The maximum Gasteiger partial charge on any atom is 0.159 e. The monoisotopic (exact) mass is 293 g/mol. The van der Waals surface area contributed by atoms with E-state index in [1.165, 1.54) is 0 Å². The second-order valence-electron chi connectivity index (χ2n) is 3.73. The van der Waals surface area contributed by atoms with Crippen LogP contribution in [0.1, 0.15) is 18.9 Å². The zero-order valence-electron chi connectivity index (χ0n) is 8.06. The minimum absolute atomic E-state index is 0.155. The van der Waals surface area contributed by atoms with Crippen LogP contribution in [0.25, 0.3) is 0 Å². The number of nitrogen functional groups attached to an aromatic ring is 1. The number of nitrogens with zero attached hydrogens (tertiary/aromatic N) is 2. The number of halogens is 1. The highest BCUT2D eigenvalue weighted by Crippen LogP contribution is 2.26. The molecule has 1 aromatic heterocycles. The van der Waals surface area contributed by atoms with Crippen LogP contribution in [0.5, 0.6) is 0 Å². The Hall–Kier alpha value is -0.560. The average Bonchev–Trinajstić information content (AvgIpc) is 2.47. The Balaban J connectivity index is 2.14. The average molecular weight is 294 g/mol. The fourth-order valence-electron chi connectivity index (χ4n) is 1.71. The first-order valence-corrected chi connectivity index (χ1v) is 7.30. The lowest BCUT2D eigenvalue weighted by molar-refractivity contribution is 0.414. The predicted octanol–water partition coefficient (Wildman–Crippen LogP) is 0.977. The standard InChI is InChI=1S/C8H12BrN3O2S/c9-7-5-12(11-8(7)10)6-1-3-15(13,14)4-2-6/h5-6H,1-4H2,(H2,10,11). The van der Waals surface area contributed by atoms with E-state index in [0.717, 1.165) is 4.47 Å². The Labute approximate surface area is 96.7 Å². The second kappa shape index (κ2) is 3.79. The van der Waals surface area contributed by atoms with Crippen LogP contribution in [0, 0.1) is 0 Å². The van der Waals surface area contributed by atoms with Crippen molar-refractivity contribution in [3.8, 4) is 0 Å². The van der Waals surface area contributed by atoms with Gasteiger partial charge in [-0.1, -0.05) is 0 Å². The molecule has 2 rings (SSSR count). The maximum atomic E-state index is 11.2. The molecule has 0 radical (unpaired) electrons. The zero-order valence-corrected chi connectivity index (χ0v) is 10.5. The van der Waals surface area contributed by atoms with E-state index < -0.39 is 9.84 Å². The highest BCUT2D eigenvalue weighted by molar-refractivity contribution is 9.10. The van der Waals surface area contributed by atoms with Crippen molar-refractivity contribution in [2.45, 2.75) is 18.9 Å². The fourth-order valence-corrected chi connectivity index (χ4v) is 3.47. The summed E-state index contributed by atoms with van der Waals surface area (Å²) in [5.41, 5.74) is 5.60. The highest BCUT2D eigenvalue weighted by Gasteiger charge is 2.25. The van der Waals surface area contributed by atoms with Crippen molar-refractivity contribution in [2.75, 3.05) is 17.2 Å². The van der Waals surface area contributed by atoms with Crippen LogP contribution in [0.15, 0.2) is 10.7 Å². The van der Waals surface area contributed by atoms with E-state index in [4.69, 9.17) is 5.73 Å². The smallest absolute Gasteiger partial charge is 0.159 e. The first-order chi connectivity index (χ1) is 6.98. The van der Waals surface area contributed by atoms with E-state index in [0.29, 0.717) is 18.7 Å². The van der Waals surface area contributed by atoms with Gasteiger partial charge in [0.2, 0.25) is 0 Å². The van der Waals surface area contributed by atoms with Crippen LogP contribution in [-0.4, -0.2) is 29.7 Å². The van der Waals surface area contributed by atoms with E-state index in [1.807, 2.05) is 0 Å². The van der Waals surface area contributed by atoms with Gasteiger partial charge in [0.05, 0.1) is 22.0 Å². The summed E-state index contributed by atoms with van der Waals surface area (Å²) in [5, 5.41) is 4.13. The second-order valence-corrected chi connectivity index (χ2v) is 6.88. The molecule has 0 spiro atoms. The zero-order chi connectivity index (χ0) is 11.1. The molecule has 2 N–H and O–H groups in total. The molecule has 0 atom stereocenters. The maximum absolute atomic E-state index is 11.2. The molecule has 15 heavy (non-hydrogen) atoms. The lowest BCUT2D eigenvalue weighted by Crippen LogP contribution is -2.25. The molecule has 0 bridgehead atoms. The predicted molar refractivity (Wildman–Crippen MR) is 61.3 cm³/mol. The lowest BCUT2D eigenvalue weighted by atomic mass is 10.2. The van der Waals surface area contributed by atoms with Gasteiger partial charge in [0.1, 0.15) is 9.84 Å². The molecule has 0 amide bonds. The Morgan fingerprint density at radius 3 is 2.53 bits per heavy atom. The Bertz CT molecular complexity index is 435. The van der Waals surface area contributed by atoms with Gasteiger partial charge >= 0.3 is 0 Å². The van der Waals surface area contributed by atoms with Crippen molar-refractivity contribution in [1.29, 1.82) is 0 Å². The number of anilines is 1. The molecule has 7 heteroatoms. The normalized spacial score (nSPS) is 21.7. The molecule has 1 fully saturated rings. The number of aromatic nitrogens is 2. The summed E-state index contributed by atoms with van der Waals surface area (Å²) in [6, 6.07) is 0.155. The van der Waals surface area contributed by atoms with Crippen LogP contribution >= 0.6 is 15.9 Å². The Morgan fingerprint density at radius 2 is 2.07 bits per heavy atom. The topological polar surface area (TPSA) is 78.0 Å². The third kappa shape index (κ3) is 2.34. The molecule has 1 saturated heterocycles. The quantitative estimate of drug-likeness (QED) is 0.837. The first-order valence-electron chi connectivity index (χ1n) is 4.68. The molecule has 84 valence electrons. The minimum Gasteiger partial charge on any atom is -0.381 e. The molecule has 1 aliphatic heterocycles. The van der Waals surface area contributed by atoms with Crippen molar-refractivity contribution in [3.05, 3.63) is 10.7 Å². The third-order valence-corrected chi connectivity index (χ3v) is 4.94. The molecule has 0 aromatic carbocycles. The number of rotatable bonds is 1. The van der Waals surface area contributed by atoms with Crippen molar-refractivity contribution < 1.29 is 8.42 Å². The van der Waals surface area contributed by atoms with E-state index in [1.54, 1.807) is 10.9 Å². The van der Waals surface area contributed by atoms with E-state index >= 15 is 0 Å². The highest BCUT2D eigenvalue weighted by atomic mass is 79.9. The fraction of sp³-hybridized carbons (Fsp3) is 0.625. The van der Waals surface area contributed by atoms with Gasteiger partial charge in [0, 0.05) is 6.20 Å². The largest absolute Gasteiger partial charge is 0.381 e. The Kier molecular flexibility index (Phi) is 2.76. The summed E-state index contributed by atoms with van der Waals surface area (Å²) in [7, 11) is -2.81. The van der Waals surface area contributed by atoms with Crippen LogP contribution in [0.4, 0.5) is 5.82 Å². The summed E-state index contributed by atoms with van der Waals surface area (Å²) < 4.78 is 25.0. The van der Waals surface area contributed by atoms with Crippen LogP contribution in [0.3, 0.4) is 0 Å². The van der Waals surface area contributed by atoms with Gasteiger partial charge in [-0.2, -0.15) is 5.10 Å². The SMILES string of the molecule is Nc1nn(C2CCS(=O)(=O)CC2)cc1Br. The van der Waals surface area contributed by atoms with Crippen molar-refractivity contribution in [3.63, 3.8) is 0 Å². The van der Waals surface area contributed by atoms with Crippen molar-refractivity contribution in [2.24, 2.45) is 0 Å². The van der Waals surface area contributed by atoms with Gasteiger partial charge in [-0.25, -0.2) is 8.42 Å². The van der Waals surface area contributed by atoms with Crippen LogP contribution in [0.2, 0.25) is 0 Å². The summed E-state index contributed by atoms with van der Waals surface area (Å²) in [6.07, 6.45) is 3.05.